The van der Waals surface area contributed by atoms with E-state index in [-0.39, 0.29) is 11.8 Å². The van der Waals surface area contributed by atoms with Crippen LogP contribution in [0.4, 0.5) is 5.69 Å². The average molecular weight is 486 g/mol. The number of carbonyl (C=O) groups excluding carboxylic acids is 2. The van der Waals surface area contributed by atoms with E-state index in [1.165, 1.54) is 38.3 Å². The van der Waals surface area contributed by atoms with Crippen LogP contribution in [0.1, 0.15) is 64.9 Å². The summed E-state index contributed by atoms with van der Waals surface area (Å²) in [6.45, 7) is 2.45. The molecule has 1 saturated carbocycles. The van der Waals surface area contributed by atoms with E-state index in [0.29, 0.717) is 40.6 Å². The number of rotatable bonds is 7. The molecule has 4 aromatic rings. The van der Waals surface area contributed by atoms with Gasteiger partial charge in [-0.3, -0.25) is 19.3 Å². The molecule has 9 heteroatoms. The third-order valence-corrected chi connectivity index (χ3v) is 6.91. The maximum atomic E-state index is 13.0. The van der Waals surface area contributed by atoms with Gasteiger partial charge in [-0.1, -0.05) is 32.1 Å². The second-order valence-electron chi connectivity index (χ2n) is 9.61. The SMILES string of the molecule is Cc1ncc(C(=O)NCCC2CCCCC2)cc1NC(=O)c1cnc2[nH]c(-c3cnn(C)c3)cc2c1. The van der Waals surface area contributed by atoms with Crippen molar-refractivity contribution in [3.8, 4) is 11.3 Å². The monoisotopic (exact) mass is 485 g/mol. The van der Waals surface area contributed by atoms with Crippen molar-refractivity contribution in [2.24, 2.45) is 13.0 Å². The lowest BCUT2D eigenvalue weighted by molar-refractivity contribution is 0.0948. The lowest BCUT2D eigenvalue weighted by atomic mass is 9.87. The fourth-order valence-electron chi connectivity index (χ4n) is 4.80. The maximum absolute atomic E-state index is 13.0. The van der Waals surface area contributed by atoms with Gasteiger partial charge >= 0.3 is 0 Å². The average Bonchev–Trinajstić information content (AvgIpc) is 3.51. The van der Waals surface area contributed by atoms with Gasteiger partial charge in [0, 0.05) is 43.1 Å². The van der Waals surface area contributed by atoms with Crippen molar-refractivity contribution in [2.45, 2.75) is 45.4 Å². The Balaban J connectivity index is 1.25. The molecule has 4 heterocycles. The molecule has 2 amide bonds. The molecule has 1 aliphatic rings. The Hall–Kier alpha value is -4.01. The lowest BCUT2D eigenvalue weighted by Gasteiger charge is -2.21. The quantitative estimate of drug-likeness (QED) is 0.353. The van der Waals surface area contributed by atoms with Crippen LogP contribution in [-0.4, -0.2) is 43.1 Å². The highest BCUT2D eigenvalue weighted by Gasteiger charge is 2.16. The van der Waals surface area contributed by atoms with Crippen molar-refractivity contribution in [3.05, 3.63) is 59.8 Å². The Morgan fingerprint density at radius 2 is 1.81 bits per heavy atom. The van der Waals surface area contributed by atoms with E-state index in [0.717, 1.165) is 23.1 Å². The van der Waals surface area contributed by atoms with Gasteiger partial charge in [0.25, 0.3) is 11.8 Å². The van der Waals surface area contributed by atoms with E-state index in [9.17, 15) is 9.59 Å². The number of aromatic amines is 1. The predicted octanol–water partition coefficient (Wildman–Crippen LogP) is 4.62. The zero-order valence-corrected chi connectivity index (χ0v) is 20.7. The van der Waals surface area contributed by atoms with E-state index in [4.69, 9.17) is 0 Å². The summed E-state index contributed by atoms with van der Waals surface area (Å²) in [6, 6.07) is 5.42. The zero-order chi connectivity index (χ0) is 25.1. The van der Waals surface area contributed by atoms with Gasteiger partial charge in [0.05, 0.1) is 34.4 Å². The number of aryl methyl sites for hydroxylation is 2. The summed E-state index contributed by atoms with van der Waals surface area (Å²) < 4.78 is 1.73. The number of nitrogens with zero attached hydrogens (tertiary/aromatic N) is 4. The molecule has 0 spiro atoms. The Morgan fingerprint density at radius 1 is 1.03 bits per heavy atom. The minimum absolute atomic E-state index is 0.174. The molecule has 1 aliphatic carbocycles. The number of carbonyl (C=O) groups is 2. The Morgan fingerprint density at radius 3 is 2.58 bits per heavy atom. The summed E-state index contributed by atoms with van der Waals surface area (Å²) in [7, 11) is 1.86. The second-order valence-corrected chi connectivity index (χ2v) is 9.61. The van der Waals surface area contributed by atoms with Gasteiger partial charge in [0.2, 0.25) is 0 Å². The maximum Gasteiger partial charge on any atom is 0.257 e. The van der Waals surface area contributed by atoms with Crippen LogP contribution in [0.5, 0.6) is 0 Å². The van der Waals surface area contributed by atoms with Crippen LogP contribution in [0.15, 0.2) is 43.0 Å². The minimum Gasteiger partial charge on any atom is -0.352 e. The van der Waals surface area contributed by atoms with Crippen molar-refractivity contribution in [1.29, 1.82) is 0 Å². The summed E-state index contributed by atoms with van der Waals surface area (Å²) in [5.41, 5.74) is 4.50. The first-order chi connectivity index (χ1) is 17.5. The molecule has 0 bridgehead atoms. The minimum atomic E-state index is -0.312. The molecule has 9 nitrogen and oxygen atoms in total. The van der Waals surface area contributed by atoms with Gasteiger partial charge in [-0.2, -0.15) is 5.10 Å². The summed E-state index contributed by atoms with van der Waals surface area (Å²) in [5.74, 6) is 0.219. The topological polar surface area (TPSA) is 118 Å². The van der Waals surface area contributed by atoms with Crippen LogP contribution in [0.3, 0.4) is 0 Å². The number of nitrogens with one attached hydrogen (secondary N) is 3. The van der Waals surface area contributed by atoms with Crippen LogP contribution in [-0.2, 0) is 7.05 Å². The molecule has 0 unspecified atom stereocenters. The summed E-state index contributed by atoms with van der Waals surface area (Å²) >= 11 is 0. The molecule has 0 atom stereocenters. The van der Waals surface area contributed by atoms with Crippen molar-refractivity contribution in [1.82, 2.24) is 30.0 Å². The summed E-state index contributed by atoms with van der Waals surface area (Å²) in [6.07, 6.45) is 14.2. The first-order valence-electron chi connectivity index (χ1n) is 12.5. The number of aromatic nitrogens is 5. The molecule has 186 valence electrons. The number of hydrogen-bond donors (Lipinski definition) is 3. The highest BCUT2D eigenvalue weighted by Crippen LogP contribution is 2.26. The third kappa shape index (κ3) is 5.30. The number of fused-ring (bicyclic) bond motifs is 1. The number of pyridine rings is 2. The number of hydrogen-bond acceptors (Lipinski definition) is 5. The molecule has 0 radical (unpaired) electrons. The number of anilines is 1. The highest BCUT2D eigenvalue weighted by atomic mass is 16.2. The van der Waals surface area contributed by atoms with Gasteiger partial charge < -0.3 is 15.6 Å². The fraction of sp³-hybridized carbons (Fsp3) is 0.370. The molecule has 0 aliphatic heterocycles. The van der Waals surface area contributed by atoms with Crippen LogP contribution in [0, 0.1) is 12.8 Å². The first-order valence-corrected chi connectivity index (χ1v) is 12.5. The van der Waals surface area contributed by atoms with Gasteiger partial charge in [-0.05, 0) is 37.5 Å². The number of amides is 2. The summed E-state index contributed by atoms with van der Waals surface area (Å²) in [5, 5.41) is 10.9. The smallest absolute Gasteiger partial charge is 0.257 e. The van der Waals surface area contributed by atoms with Gasteiger partial charge in [-0.15, -0.1) is 0 Å². The lowest BCUT2D eigenvalue weighted by Crippen LogP contribution is -2.27. The van der Waals surface area contributed by atoms with Crippen LogP contribution in [0.2, 0.25) is 0 Å². The van der Waals surface area contributed by atoms with Crippen molar-refractivity contribution in [2.75, 3.05) is 11.9 Å². The standard InChI is InChI=1S/C27H31N7O2/c1-17-23(12-21(13-29-17)26(35)28-9-8-18-6-4-3-5-7-18)33-27(36)20-10-19-11-24(32-25(19)30-14-20)22-15-31-34(2)16-22/h10-16,18H,3-9H2,1-2H3,(H,28,35)(H,30,32)(H,33,36). The highest BCUT2D eigenvalue weighted by molar-refractivity contribution is 6.06. The molecule has 3 N–H and O–H groups in total. The number of H-pyrrole nitrogens is 1. The van der Waals surface area contributed by atoms with Crippen molar-refractivity contribution in [3.63, 3.8) is 0 Å². The molecule has 0 aromatic carbocycles. The van der Waals surface area contributed by atoms with Gasteiger partial charge in [0.15, 0.2) is 0 Å². The van der Waals surface area contributed by atoms with Crippen LogP contribution < -0.4 is 10.6 Å². The molecular formula is C27H31N7O2. The second kappa shape index (κ2) is 10.3. The van der Waals surface area contributed by atoms with E-state index < -0.39 is 0 Å². The van der Waals surface area contributed by atoms with Gasteiger partial charge in [0.1, 0.15) is 5.65 Å². The first kappa shape index (κ1) is 23.7. The van der Waals surface area contributed by atoms with Crippen LogP contribution >= 0.6 is 0 Å². The van der Waals surface area contributed by atoms with E-state index in [1.54, 1.807) is 36.1 Å². The Labute approximate surface area is 209 Å². The molecular weight excluding hydrogens is 454 g/mol. The molecule has 4 aromatic heterocycles. The van der Waals surface area contributed by atoms with E-state index >= 15 is 0 Å². The Kier molecular flexibility index (Phi) is 6.79. The van der Waals surface area contributed by atoms with E-state index in [1.807, 2.05) is 19.3 Å². The van der Waals surface area contributed by atoms with Crippen molar-refractivity contribution >= 4 is 28.5 Å². The normalized spacial score (nSPS) is 14.2. The summed E-state index contributed by atoms with van der Waals surface area (Å²) in [4.78, 5) is 37.7. The molecule has 1 fully saturated rings. The van der Waals surface area contributed by atoms with Crippen LogP contribution in [0.25, 0.3) is 22.3 Å². The van der Waals surface area contributed by atoms with Crippen molar-refractivity contribution < 1.29 is 9.59 Å². The fourth-order valence-corrected chi connectivity index (χ4v) is 4.80. The molecule has 5 rings (SSSR count). The largest absolute Gasteiger partial charge is 0.352 e. The predicted molar refractivity (Wildman–Crippen MR) is 139 cm³/mol. The molecule has 36 heavy (non-hydrogen) atoms. The van der Waals surface area contributed by atoms with E-state index in [2.05, 4.69) is 30.7 Å². The Bertz CT molecular complexity index is 1400. The molecule has 0 saturated heterocycles. The van der Waals surface area contributed by atoms with Gasteiger partial charge in [-0.25, -0.2) is 4.98 Å². The zero-order valence-electron chi connectivity index (χ0n) is 20.7. The third-order valence-electron chi connectivity index (χ3n) is 6.91.